The molecule has 1 rings (SSSR count). The van der Waals surface area contributed by atoms with E-state index in [1.165, 1.54) is 31.2 Å². The molecule has 0 aliphatic rings. The Bertz CT molecular complexity index is 503. The van der Waals surface area contributed by atoms with Crippen molar-refractivity contribution in [2.24, 2.45) is 0 Å². The predicted octanol–water partition coefficient (Wildman–Crippen LogP) is 2.76. The highest BCUT2D eigenvalue weighted by Gasteiger charge is 2.17. The fourth-order valence-corrected chi connectivity index (χ4v) is 3.27. The van der Waals surface area contributed by atoms with Crippen molar-refractivity contribution in [2.75, 3.05) is 12.4 Å². The Labute approximate surface area is 122 Å². The first-order chi connectivity index (χ1) is 9.49. The minimum absolute atomic E-state index is 0.0527. The molecule has 20 heavy (non-hydrogen) atoms. The van der Waals surface area contributed by atoms with Gasteiger partial charge in [-0.2, -0.15) is 0 Å². The number of hydrogen-bond acceptors (Lipinski definition) is 4. The fourth-order valence-electron chi connectivity index (χ4n) is 1.98. The molecule has 0 aliphatic carbocycles. The van der Waals surface area contributed by atoms with E-state index in [2.05, 4.69) is 21.9 Å². The zero-order chi connectivity index (χ0) is 15.0. The summed E-state index contributed by atoms with van der Waals surface area (Å²) in [5.41, 5.74) is 0. The third kappa shape index (κ3) is 5.46. The lowest BCUT2D eigenvalue weighted by Gasteiger charge is -2.14. The Morgan fingerprint density at radius 2 is 2.05 bits per heavy atom. The van der Waals surface area contributed by atoms with E-state index in [0.29, 0.717) is 5.82 Å². The average Bonchev–Trinajstić information content (AvgIpc) is 2.43. The number of aromatic nitrogens is 1. The molecule has 0 spiro atoms. The van der Waals surface area contributed by atoms with Gasteiger partial charge in [0.25, 0.3) is 0 Å². The zero-order valence-corrected chi connectivity index (χ0v) is 13.3. The van der Waals surface area contributed by atoms with Gasteiger partial charge in [0.2, 0.25) is 10.0 Å². The molecule has 2 N–H and O–H groups in total. The maximum absolute atomic E-state index is 12.2. The highest BCUT2D eigenvalue weighted by molar-refractivity contribution is 7.89. The molecule has 0 saturated carbocycles. The lowest BCUT2D eigenvalue weighted by Crippen LogP contribution is -2.32. The molecule has 0 bridgehead atoms. The summed E-state index contributed by atoms with van der Waals surface area (Å²) in [6.07, 6.45) is 6.95. The van der Waals surface area contributed by atoms with Crippen molar-refractivity contribution in [3.05, 3.63) is 18.3 Å². The molecule has 5 nitrogen and oxygen atoms in total. The van der Waals surface area contributed by atoms with E-state index in [1.54, 1.807) is 7.05 Å². The molecule has 0 amide bonds. The maximum Gasteiger partial charge on any atom is 0.240 e. The second-order valence-corrected chi connectivity index (χ2v) is 6.71. The number of anilines is 1. The van der Waals surface area contributed by atoms with Gasteiger partial charge in [-0.15, -0.1) is 0 Å². The van der Waals surface area contributed by atoms with Crippen LogP contribution in [0.1, 0.15) is 46.0 Å². The number of pyridine rings is 1. The minimum atomic E-state index is -3.46. The van der Waals surface area contributed by atoms with Crippen molar-refractivity contribution in [1.29, 1.82) is 0 Å². The Morgan fingerprint density at radius 3 is 2.70 bits per heavy atom. The average molecular weight is 299 g/mol. The van der Waals surface area contributed by atoms with Gasteiger partial charge in [-0.25, -0.2) is 18.1 Å². The van der Waals surface area contributed by atoms with Gasteiger partial charge in [0.05, 0.1) is 4.90 Å². The summed E-state index contributed by atoms with van der Waals surface area (Å²) in [5.74, 6) is 0.545. The second kappa shape index (κ2) is 8.21. The second-order valence-electron chi connectivity index (χ2n) is 5.00. The lowest BCUT2D eigenvalue weighted by atomic mass is 10.1. The molecular weight excluding hydrogens is 274 g/mol. The fraction of sp³-hybridized carbons (Fsp3) is 0.643. The Balaban J connectivity index is 2.59. The summed E-state index contributed by atoms with van der Waals surface area (Å²) in [6.45, 7) is 4.07. The molecule has 6 heteroatoms. The van der Waals surface area contributed by atoms with Gasteiger partial charge in [-0.3, -0.25) is 0 Å². The van der Waals surface area contributed by atoms with Crippen LogP contribution in [-0.2, 0) is 10.0 Å². The molecule has 0 radical (unpaired) electrons. The van der Waals surface area contributed by atoms with Crippen molar-refractivity contribution in [1.82, 2.24) is 9.71 Å². The number of sulfonamides is 1. The van der Waals surface area contributed by atoms with Gasteiger partial charge in [0.1, 0.15) is 5.82 Å². The molecule has 1 heterocycles. The number of rotatable bonds is 9. The summed E-state index contributed by atoms with van der Waals surface area (Å²) in [7, 11) is -1.75. The van der Waals surface area contributed by atoms with Gasteiger partial charge in [-0.1, -0.05) is 32.6 Å². The molecule has 0 saturated heterocycles. The third-order valence-electron chi connectivity index (χ3n) is 3.14. The summed E-state index contributed by atoms with van der Waals surface area (Å²) in [6, 6.07) is 2.99. The van der Waals surface area contributed by atoms with Crippen LogP contribution in [0.25, 0.3) is 0 Å². The monoisotopic (exact) mass is 299 g/mol. The summed E-state index contributed by atoms with van der Waals surface area (Å²) >= 11 is 0. The van der Waals surface area contributed by atoms with Crippen LogP contribution < -0.4 is 10.0 Å². The van der Waals surface area contributed by atoms with Crippen LogP contribution >= 0.6 is 0 Å². The SMILES string of the molecule is CCCCCCC(C)NS(=O)(=O)c1ccnc(NC)c1. The van der Waals surface area contributed by atoms with Crippen LogP contribution in [0.5, 0.6) is 0 Å². The van der Waals surface area contributed by atoms with E-state index in [1.807, 2.05) is 6.92 Å². The van der Waals surface area contributed by atoms with Gasteiger partial charge >= 0.3 is 0 Å². The van der Waals surface area contributed by atoms with Crippen LogP contribution in [0.3, 0.4) is 0 Å². The van der Waals surface area contributed by atoms with Crippen LogP contribution in [0.15, 0.2) is 23.2 Å². The largest absolute Gasteiger partial charge is 0.373 e. The van der Waals surface area contributed by atoms with E-state index in [-0.39, 0.29) is 10.9 Å². The molecule has 0 aliphatic heterocycles. The molecule has 114 valence electrons. The minimum Gasteiger partial charge on any atom is -0.373 e. The first-order valence-corrected chi connectivity index (χ1v) is 8.64. The number of nitrogens with one attached hydrogen (secondary N) is 2. The summed E-state index contributed by atoms with van der Waals surface area (Å²) in [4.78, 5) is 4.26. The smallest absolute Gasteiger partial charge is 0.240 e. The Hall–Kier alpha value is -1.14. The highest BCUT2D eigenvalue weighted by Crippen LogP contribution is 2.14. The number of nitrogens with zero attached hydrogens (tertiary/aromatic N) is 1. The third-order valence-corrected chi connectivity index (χ3v) is 4.73. The van der Waals surface area contributed by atoms with E-state index >= 15 is 0 Å². The van der Waals surface area contributed by atoms with Crippen molar-refractivity contribution in [3.63, 3.8) is 0 Å². The standard InChI is InChI=1S/C14H25N3O2S/c1-4-5-6-7-8-12(2)17-20(18,19)13-9-10-16-14(11-13)15-3/h9-12,17H,4-8H2,1-3H3,(H,15,16). The maximum atomic E-state index is 12.2. The van der Waals surface area contributed by atoms with Crippen LogP contribution in [0.4, 0.5) is 5.82 Å². The van der Waals surface area contributed by atoms with E-state index in [0.717, 1.165) is 19.3 Å². The summed E-state index contributed by atoms with van der Waals surface area (Å²) in [5, 5.41) is 2.84. The Kier molecular flexibility index (Phi) is 6.95. The van der Waals surface area contributed by atoms with Crippen molar-refractivity contribution < 1.29 is 8.42 Å². The first kappa shape index (κ1) is 16.9. The van der Waals surface area contributed by atoms with Gasteiger partial charge in [0.15, 0.2) is 0 Å². The first-order valence-electron chi connectivity index (χ1n) is 7.15. The van der Waals surface area contributed by atoms with E-state index in [9.17, 15) is 8.42 Å². The van der Waals surface area contributed by atoms with Gasteiger partial charge in [0, 0.05) is 25.4 Å². The molecule has 1 aromatic rings. The van der Waals surface area contributed by atoms with Crippen LogP contribution in [0.2, 0.25) is 0 Å². The summed E-state index contributed by atoms with van der Waals surface area (Å²) < 4.78 is 27.2. The van der Waals surface area contributed by atoms with Crippen LogP contribution in [0, 0.1) is 0 Å². The van der Waals surface area contributed by atoms with E-state index < -0.39 is 10.0 Å². The molecule has 1 atom stereocenters. The predicted molar refractivity (Wildman–Crippen MR) is 82.3 cm³/mol. The lowest BCUT2D eigenvalue weighted by molar-refractivity contribution is 0.522. The molecule has 0 aromatic carbocycles. The van der Waals surface area contributed by atoms with E-state index in [4.69, 9.17) is 0 Å². The van der Waals surface area contributed by atoms with Gasteiger partial charge in [-0.05, 0) is 19.4 Å². The zero-order valence-electron chi connectivity index (χ0n) is 12.5. The van der Waals surface area contributed by atoms with Crippen LogP contribution in [-0.4, -0.2) is 26.5 Å². The van der Waals surface area contributed by atoms with Crippen molar-refractivity contribution in [3.8, 4) is 0 Å². The quantitative estimate of drug-likeness (QED) is 0.688. The molecular formula is C14H25N3O2S. The highest BCUT2D eigenvalue weighted by atomic mass is 32.2. The van der Waals surface area contributed by atoms with Crippen molar-refractivity contribution in [2.45, 2.75) is 56.9 Å². The molecule has 1 unspecified atom stereocenters. The number of hydrogen-bond donors (Lipinski definition) is 2. The number of unbranched alkanes of at least 4 members (excludes halogenated alkanes) is 3. The molecule has 0 fully saturated rings. The normalized spacial score (nSPS) is 13.2. The molecule has 1 aromatic heterocycles. The van der Waals surface area contributed by atoms with Gasteiger partial charge < -0.3 is 5.32 Å². The Morgan fingerprint density at radius 1 is 1.30 bits per heavy atom. The van der Waals surface area contributed by atoms with Crippen molar-refractivity contribution >= 4 is 15.8 Å². The topological polar surface area (TPSA) is 71.1 Å².